The number of carboxylic acid groups (broad SMARTS) is 1. The van der Waals surface area contributed by atoms with Crippen LogP contribution in [0.25, 0.3) is 0 Å². The Labute approximate surface area is 191 Å². The first-order valence-corrected chi connectivity index (χ1v) is 12.1. The fraction of sp³-hybridized carbons (Fsp3) is 0.263. The zero-order valence-corrected chi connectivity index (χ0v) is 18.6. The fourth-order valence-electron chi connectivity index (χ4n) is 3.51. The van der Waals surface area contributed by atoms with E-state index in [9.17, 15) is 27.9 Å². The molecule has 0 spiro atoms. The van der Waals surface area contributed by atoms with Gasteiger partial charge < -0.3 is 10.1 Å². The summed E-state index contributed by atoms with van der Waals surface area (Å²) in [6.45, 7) is 0. The van der Waals surface area contributed by atoms with Gasteiger partial charge in [-0.1, -0.05) is 24.2 Å². The number of carbonyl (C=O) groups excluding carboxylic acids is 2. The molecular weight excluding hydrogens is 472 g/mol. The van der Waals surface area contributed by atoms with Crippen molar-refractivity contribution in [2.75, 3.05) is 10.6 Å². The minimum atomic E-state index is -4.29. The van der Waals surface area contributed by atoms with Crippen LogP contribution in [0.15, 0.2) is 40.1 Å². The van der Waals surface area contributed by atoms with Gasteiger partial charge in [0, 0.05) is 24.5 Å². The minimum Gasteiger partial charge on any atom is -0.476 e. The molecule has 3 heterocycles. The number of urea groups is 1. The minimum absolute atomic E-state index is 0.0466. The molecule has 3 aromatic rings. The molecule has 3 aromatic heterocycles. The van der Waals surface area contributed by atoms with Gasteiger partial charge in [-0.2, -0.15) is 0 Å². The molecule has 1 aliphatic rings. The predicted molar refractivity (Wildman–Crippen MR) is 116 cm³/mol. The summed E-state index contributed by atoms with van der Waals surface area (Å²) in [5, 5.41) is 13.4. The van der Waals surface area contributed by atoms with E-state index in [1.807, 2.05) is 0 Å². The van der Waals surface area contributed by atoms with E-state index < -0.39 is 36.9 Å². The number of anilines is 2. The molecule has 0 unspecified atom stereocenters. The lowest BCUT2D eigenvalue weighted by molar-refractivity contribution is 0.0687. The van der Waals surface area contributed by atoms with Crippen molar-refractivity contribution in [2.24, 2.45) is 5.92 Å². The molecule has 12 nitrogen and oxygen atoms in total. The number of aromatic carboxylic acids is 1. The van der Waals surface area contributed by atoms with Gasteiger partial charge in [0.2, 0.25) is 5.16 Å². The molecule has 2 amide bonds. The average Bonchev–Trinajstić information content (AvgIpc) is 3.55. The topological polar surface area (TPSA) is 184 Å². The molecule has 0 saturated heterocycles. The molecule has 0 aliphatic heterocycles. The van der Waals surface area contributed by atoms with Crippen molar-refractivity contribution in [1.82, 2.24) is 19.9 Å². The first-order valence-electron chi connectivity index (χ1n) is 9.83. The number of nitrogens with zero attached hydrogens (tertiary/aromatic N) is 3. The summed E-state index contributed by atoms with van der Waals surface area (Å²) in [5.74, 6) is -1.77. The molecule has 1 saturated carbocycles. The van der Waals surface area contributed by atoms with E-state index >= 15 is 0 Å². The van der Waals surface area contributed by atoms with E-state index in [1.54, 1.807) is 12.1 Å². The average molecular weight is 491 g/mol. The maximum Gasteiger partial charge on any atom is 0.356 e. The first kappa shape index (κ1) is 22.5. The second-order valence-electron chi connectivity index (χ2n) is 7.18. The van der Waals surface area contributed by atoms with Crippen LogP contribution in [0.3, 0.4) is 0 Å². The Morgan fingerprint density at radius 1 is 1.12 bits per heavy atom. The molecule has 1 fully saturated rings. The molecule has 33 heavy (non-hydrogen) atoms. The number of pyridine rings is 1. The van der Waals surface area contributed by atoms with Crippen LogP contribution < -0.4 is 10.6 Å². The lowest BCUT2D eigenvalue weighted by Crippen LogP contribution is -2.23. The summed E-state index contributed by atoms with van der Waals surface area (Å²) in [4.78, 5) is 50.7. The van der Waals surface area contributed by atoms with Gasteiger partial charge in [0.15, 0.2) is 20.8 Å². The highest BCUT2D eigenvalue weighted by atomic mass is 32.2. The van der Waals surface area contributed by atoms with E-state index in [1.165, 1.54) is 18.6 Å². The van der Waals surface area contributed by atoms with E-state index in [4.69, 9.17) is 0 Å². The normalized spacial score (nSPS) is 14.2. The highest BCUT2D eigenvalue weighted by molar-refractivity contribution is 7.93. The van der Waals surface area contributed by atoms with Crippen LogP contribution in [0.4, 0.5) is 15.7 Å². The number of nitrogens with one attached hydrogen (secondary N) is 3. The van der Waals surface area contributed by atoms with Crippen molar-refractivity contribution in [1.29, 1.82) is 0 Å². The lowest BCUT2D eigenvalue weighted by atomic mass is 9.97. The van der Waals surface area contributed by atoms with Crippen LogP contribution in [0.2, 0.25) is 0 Å². The summed E-state index contributed by atoms with van der Waals surface area (Å²) in [5.41, 5.74) is -0.479. The number of aromatic nitrogens is 4. The highest BCUT2D eigenvalue weighted by Crippen LogP contribution is 2.32. The number of hydrogen-bond donors (Lipinski definition) is 4. The van der Waals surface area contributed by atoms with Gasteiger partial charge in [0.05, 0.1) is 5.56 Å². The summed E-state index contributed by atoms with van der Waals surface area (Å²) in [6.07, 6.45) is 7.41. The van der Waals surface area contributed by atoms with Gasteiger partial charge in [0.1, 0.15) is 5.82 Å². The molecular formula is C19H18N6O6S2. The van der Waals surface area contributed by atoms with E-state index in [-0.39, 0.29) is 28.2 Å². The number of hydrogen-bond acceptors (Lipinski definition) is 9. The summed E-state index contributed by atoms with van der Waals surface area (Å²) in [7, 11) is -4.29. The number of rotatable bonds is 7. The van der Waals surface area contributed by atoms with Gasteiger partial charge in [-0.15, -0.1) is 0 Å². The summed E-state index contributed by atoms with van der Waals surface area (Å²) >= 11 is 0.464. The van der Waals surface area contributed by atoms with Gasteiger partial charge in [-0.05, 0) is 25.0 Å². The summed E-state index contributed by atoms with van der Waals surface area (Å²) in [6, 6.07) is 2.31. The number of ketones is 1. The Hall–Kier alpha value is -3.65. The number of imidazole rings is 1. The Morgan fingerprint density at radius 3 is 2.55 bits per heavy atom. The SMILES string of the molecule is O=C(Nc1nc(C(=O)O)c(S(=O)(=O)c2ncc[nH]2)s1)Nc1ncccc1C(=O)C1CCCC1. The Balaban J connectivity index is 1.56. The van der Waals surface area contributed by atoms with Gasteiger partial charge in [-0.25, -0.2) is 33.0 Å². The van der Waals surface area contributed by atoms with Crippen molar-refractivity contribution >= 4 is 49.9 Å². The second kappa shape index (κ2) is 9.07. The van der Waals surface area contributed by atoms with Crippen molar-refractivity contribution < 1.29 is 27.9 Å². The smallest absolute Gasteiger partial charge is 0.356 e. The third-order valence-corrected chi connectivity index (χ3v) is 8.11. The Kier molecular flexibility index (Phi) is 6.20. The maximum atomic E-state index is 12.8. The Morgan fingerprint density at radius 2 is 1.88 bits per heavy atom. The van der Waals surface area contributed by atoms with Crippen LogP contribution in [-0.4, -0.2) is 51.2 Å². The number of carboxylic acids is 1. The van der Waals surface area contributed by atoms with Crippen LogP contribution >= 0.6 is 11.3 Å². The molecule has 172 valence electrons. The molecule has 4 N–H and O–H groups in total. The molecule has 14 heteroatoms. The third-order valence-electron chi connectivity index (χ3n) is 5.02. The van der Waals surface area contributed by atoms with Crippen LogP contribution in [-0.2, 0) is 9.84 Å². The number of aromatic amines is 1. The number of Topliss-reactive ketones (excluding diaryl/α,β-unsaturated/α-hetero) is 1. The fourth-order valence-corrected chi connectivity index (χ4v) is 6.09. The van der Waals surface area contributed by atoms with E-state index in [0.29, 0.717) is 11.3 Å². The maximum absolute atomic E-state index is 12.8. The largest absolute Gasteiger partial charge is 0.476 e. The van der Waals surface area contributed by atoms with Gasteiger partial charge >= 0.3 is 12.0 Å². The van der Waals surface area contributed by atoms with Crippen molar-refractivity contribution in [3.05, 3.63) is 42.0 Å². The molecule has 0 aromatic carbocycles. The van der Waals surface area contributed by atoms with Crippen LogP contribution in [0, 0.1) is 5.92 Å². The van der Waals surface area contributed by atoms with E-state index in [2.05, 4.69) is 30.6 Å². The predicted octanol–water partition coefficient (Wildman–Crippen LogP) is 2.81. The zero-order chi connectivity index (χ0) is 23.6. The van der Waals surface area contributed by atoms with E-state index in [0.717, 1.165) is 25.7 Å². The lowest BCUT2D eigenvalue weighted by Gasteiger charge is -2.12. The molecule has 0 radical (unpaired) electrons. The quantitative estimate of drug-likeness (QED) is 0.361. The van der Waals surface area contributed by atoms with Crippen molar-refractivity contribution in [3.63, 3.8) is 0 Å². The number of thiazole rings is 1. The molecule has 0 bridgehead atoms. The summed E-state index contributed by atoms with van der Waals surface area (Å²) < 4.78 is 24.8. The van der Waals surface area contributed by atoms with Gasteiger partial charge in [0.25, 0.3) is 9.84 Å². The monoisotopic (exact) mass is 490 g/mol. The molecule has 0 atom stereocenters. The number of H-pyrrole nitrogens is 1. The van der Waals surface area contributed by atoms with Crippen LogP contribution in [0.1, 0.15) is 46.5 Å². The second-order valence-corrected chi connectivity index (χ2v) is 10.2. The van der Waals surface area contributed by atoms with Gasteiger partial charge in [-0.3, -0.25) is 15.4 Å². The van der Waals surface area contributed by atoms with Crippen molar-refractivity contribution in [3.8, 4) is 0 Å². The van der Waals surface area contributed by atoms with Crippen LogP contribution in [0.5, 0.6) is 0 Å². The zero-order valence-electron chi connectivity index (χ0n) is 16.9. The number of carbonyl (C=O) groups is 3. The first-order chi connectivity index (χ1) is 15.8. The molecule has 4 rings (SSSR count). The number of amides is 2. The standard InChI is InChI=1S/C19H18N6O6S2/c26-13(10-4-1-2-5-10)11-6-3-7-20-14(11)24-17(29)25-18-23-12(15(27)28)16(32-18)33(30,31)19-21-8-9-22-19/h3,6-10H,1-2,4-5H2,(H,21,22)(H,27,28)(H2,20,23,24,25,29). The molecule has 1 aliphatic carbocycles. The third kappa shape index (κ3) is 4.61. The highest BCUT2D eigenvalue weighted by Gasteiger charge is 2.32. The Bertz CT molecular complexity index is 1310. The van der Waals surface area contributed by atoms with Crippen molar-refractivity contribution in [2.45, 2.75) is 35.0 Å². The number of sulfone groups is 1.